The Bertz CT molecular complexity index is 185. The number of carbonyl (C=O) groups is 1. The van der Waals surface area contributed by atoms with Crippen LogP contribution in [0.2, 0.25) is 0 Å². The van der Waals surface area contributed by atoms with Gasteiger partial charge < -0.3 is 11.1 Å². The molecule has 0 aliphatic heterocycles. The van der Waals surface area contributed by atoms with Crippen molar-refractivity contribution in [3.63, 3.8) is 0 Å². The first kappa shape index (κ1) is 14.8. The summed E-state index contributed by atoms with van der Waals surface area (Å²) in [5, 5.41) is 2.94. The Morgan fingerprint density at radius 2 is 2.00 bits per heavy atom. The summed E-state index contributed by atoms with van der Waals surface area (Å²) in [4.78, 5) is 11.6. The van der Waals surface area contributed by atoms with E-state index in [1.165, 1.54) is 0 Å². The predicted molar refractivity (Wildman–Crippen MR) is 68.0 cm³/mol. The highest BCUT2D eigenvalue weighted by molar-refractivity contribution is 7.98. The molecule has 0 rings (SSSR count). The van der Waals surface area contributed by atoms with E-state index in [-0.39, 0.29) is 18.0 Å². The average Bonchev–Trinajstić information content (AvgIpc) is 2.13. The summed E-state index contributed by atoms with van der Waals surface area (Å²) in [5.74, 6) is 1.52. The molecule has 0 aromatic rings. The molecule has 1 unspecified atom stereocenters. The van der Waals surface area contributed by atoms with Gasteiger partial charge in [-0.3, -0.25) is 4.79 Å². The summed E-state index contributed by atoms with van der Waals surface area (Å²) < 4.78 is 0. The predicted octanol–water partition coefficient (Wildman–Crippen LogP) is 1.62. The molecule has 3 N–H and O–H groups in total. The standard InChI is InChI=1S/C11H24N2OS/c1-8(2)7-10(12)11(14)13-9(3)5-6-15-4/h8-10H,5-7,12H2,1-4H3,(H,13,14)/t9?,10-/m1/s1. The fourth-order valence-electron chi connectivity index (χ4n) is 1.33. The summed E-state index contributed by atoms with van der Waals surface area (Å²) in [6.45, 7) is 6.17. The smallest absolute Gasteiger partial charge is 0.237 e. The lowest BCUT2D eigenvalue weighted by Gasteiger charge is -2.18. The van der Waals surface area contributed by atoms with Gasteiger partial charge >= 0.3 is 0 Å². The zero-order chi connectivity index (χ0) is 11.8. The highest BCUT2D eigenvalue weighted by Gasteiger charge is 2.16. The molecule has 0 radical (unpaired) electrons. The fraction of sp³-hybridized carbons (Fsp3) is 0.909. The van der Waals surface area contributed by atoms with Crippen molar-refractivity contribution in [2.24, 2.45) is 11.7 Å². The topological polar surface area (TPSA) is 55.1 Å². The van der Waals surface area contributed by atoms with E-state index in [0.717, 1.165) is 18.6 Å². The Morgan fingerprint density at radius 3 is 2.47 bits per heavy atom. The Labute approximate surface area is 97.6 Å². The van der Waals surface area contributed by atoms with Gasteiger partial charge in [0.25, 0.3) is 0 Å². The van der Waals surface area contributed by atoms with E-state index < -0.39 is 0 Å². The minimum Gasteiger partial charge on any atom is -0.352 e. The van der Waals surface area contributed by atoms with Gasteiger partial charge in [0.15, 0.2) is 0 Å². The molecular formula is C11H24N2OS. The lowest BCUT2D eigenvalue weighted by Crippen LogP contribution is -2.45. The first-order chi connectivity index (χ1) is 6.97. The molecular weight excluding hydrogens is 208 g/mol. The minimum atomic E-state index is -0.360. The van der Waals surface area contributed by atoms with Crippen LogP contribution in [0.1, 0.15) is 33.6 Å². The van der Waals surface area contributed by atoms with Crippen molar-refractivity contribution in [2.45, 2.75) is 45.7 Å². The molecule has 1 amide bonds. The van der Waals surface area contributed by atoms with Crippen LogP contribution in [0.25, 0.3) is 0 Å². The van der Waals surface area contributed by atoms with E-state index in [1.807, 2.05) is 6.92 Å². The molecule has 0 aliphatic carbocycles. The number of nitrogens with two attached hydrogens (primary N) is 1. The molecule has 3 nitrogen and oxygen atoms in total. The molecule has 4 heteroatoms. The Balaban J connectivity index is 3.80. The van der Waals surface area contributed by atoms with Crippen molar-refractivity contribution in [2.75, 3.05) is 12.0 Å². The molecule has 2 atom stereocenters. The second-order valence-corrected chi connectivity index (χ2v) is 5.41. The van der Waals surface area contributed by atoms with E-state index in [1.54, 1.807) is 11.8 Å². The van der Waals surface area contributed by atoms with Crippen molar-refractivity contribution in [1.29, 1.82) is 0 Å². The van der Waals surface area contributed by atoms with E-state index in [9.17, 15) is 4.79 Å². The summed E-state index contributed by atoms with van der Waals surface area (Å²) in [6.07, 6.45) is 3.82. The molecule has 0 bridgehead atoms. The van der Waals surface area contributed by atoms with Crippen LogP contribution in [0, 0.1) is 5.92 Å². The van der Waals surface area contributed by atoms with E-state index in [4.69, 9.17) is 5.73 Å². The highest BCUT2D eigenvalue weighted by Crippen LogP contribution is 2.04. The van der Waals surface area contributed by atoms with Crippen LogP contribution in [0.3, 0.4) is 0 Å². The maximum Gasteiger partial charge on any atom is 0.237 e. The maximum atomic E-state index is 11.6. The molecule has 0 heterocycles. The number of nitrogens with one attached hydrogen (secondary N) is 1. The van der Waals surface area contributed by atoms with Gasteiger partial charge in [0, 0.05) is 6.04 Å². The SMILES string of the molecule is CSCCC(C)NC(=O)[C@H](N)CC(C)C. The van der Waals surface area contributed by atoms with Crippen LogP contribution >= 0.6 is 11.8 Å². The first-order valence-electron chi connectivity index (χ1n) is 5.52. The number of carbonyl (C=O) groups excluding carboxylic acids is 1. The minimum absolute atomic E-state index is 0.0164. The van der Waals surface area contributed by atoms with Crippen LogP contribution in [0.15, 0.2) is 0 Å². The summed E-state index contributed by atoms with van der Waals surface area (Å²) in [5.41, 5.74) is 5.78. The van der Waals surface area contributed by atoms with Gasteiger partial charge in [-0.25, -0.2) is 0 Å². The number of rotatable bonds is 7. The molecule has 15 heavy (non-hydrogen) atoms. The Hall–Kier alpha value is -0.220. The zero-order valence-corrected chi connectivity index (χ0v) is 11.1. The Morgan fingerprint density at radius 1 is 1.40 bits per heavy atom. The highest BCUT2D eigenvalue weighted by atomic mass is 32.2. The van der Waals surface area contributed by atoms with Gasteiger partial charge in [-0.2, -0.15) is 11.8 Å². The normalized spacial score (nSPS) is 15.1. The number of thioether (sulfide) groups is 1. The second kappa shape index (κ2) is 7.99. The molecule has 0 spiro atoms. The molecule has 0 aromatic heterocycles. The van der Waals surface area contributed by atoms with Crippen molar-refractivity contribution in [3.05, 3.63) is 0 Å². The first-order valence-corrected chi connectivity index (χ1v) is 6.91. The van der Waals surface area contributed by atoms with Crippen molar-refractivity contribution in [3.8, 4) is 0 Å². The Kier molecular flexibility index (Phi) is 7.88. The van der Waals surface area contributed by atoms with E-state index in [0.29, 0.717) is 5.92 Å². The molecule has 0 fully saturated rings. The summed E-state index contributed by atoms with van der Waals surface area (Å²) in [6, 6.07) is -0.134. The third kappa shape index (κ3) is 7.68. The van der Waals surface area contributed by atoms with Crippen molar-refractivity contribution >= 4 is 17.7 Å². The summed E-state index contributed by atoms with van der Waals surface area (Å²) in [7, 11) is 0. The molecule has 0 saturated carbocycles. The molecule has 0 aromatic carbocycles. The van der Waals surface area contributed by atoms with Gasteiger partial charge in [-0.15, -0.1) is 0 Å². The average molecular weight is 232 g/mol. The van der Waals surface area contributed by atoms with Crippen LogP contribution < -0.4 is 11.1 Å². The monoisotopic (exact) mass is 232 g/mol. The van der Waals surface area contributed by atoms with E-state index in [2.05, 4.69) is 25.4 Å². The van der Waals surface area contributed by atoms with Gasteiger partial charge in [0.1, 0.15) is 0 Å². The van der Waals surface area contributed by atoms with Gasteiger partial charge in [0.2, 0.25) is 5.91 Å². The van der Waals surface area contributed by atoms with Crippen molar-refractivity contribution in [1.82, 2.24) is 5.32 Å². The largest absolute Gasteiger partial charge is 0.352 e. The van der Waals surface area contributed by atoms with Crippen LogP contribution in [-0.4, -0.2) is 30.0 Å². The maximum absolute atomic E-state index is 11.6. The van der Waals surface area contributed by atoms with Crippen LogP contribution in [-0.2, 0) is 4.79 Å². The van der Waals surface area contributed by atoms with Gasteiger partial charge in [0.05, 0.1) is 6.04 Å². The fourth-order valence-corrected chi connectivity index (χ4v) is 1.92. The van der Waals surface area contributed by atoms with Gasteiger partial charge in [-0.1, -0.05) is 13.8 Å². The quantitative estimate of drug-likeness (QED) is 0.701. The van der Waals surface area contributed by atoms with Crippen LogP contribution in [0.5, 0.6) is 0 Å². The number of hydrogen-bond acceptors (Lipinski definition) is 3. The number of amides is 1. The second-order valence-electron chi connectivity index (χ2n) is 4.43. The summed E-state index contributed by atoms with van der Waals surface area (Å²) >= 11 is 1.79. The third-order valence-corrected chi connectivity index (χ3v) is 2.85. The molecule has 90 valence electrons. The molecule has 0 saturated heterocycles. The molecule has 0 aliphatic rings. The third-order valence-electron chi connectivity index (χ3n) is 2.21. The van der Waals surface area contributed by atoms with Crippen molar-refractivity contribution < 1.29 is 4.79 Å². The zero-order valence-electron chi connectivity index (χ0n) is 10.2. The van der Waals surface area contributed by atoms with Gasteiger partial charge in [-0.05, 0) is 37.7 Å². The number of hydrogen-bond donors (Lipinski definition) is 2. The lowest BCUT2D eigenvalue weighted by atomic mass is 10.0. The van der Waals surface area contributed by atoms with Crippen LogP contribution in [0.4, 0.5) is 0 Å². The van der Waals surface area contributed by atoms with E-state index >= 15 is 0 Å². The lowest BCUT2D eigenvalue weighted by molar-refractivity contribution is -0.123.